The van der Waals surface area contributed by atoms with Crippen LogP contribution in [0, 0.1) is 6.92 Å². The summed E-state index contributed by atoms with van der Waals surface area (Å²) in [6.07, 6.45) is 2.03. The smallest absolute Gasteiger partial charge is 0.259 e. The Kier molecular flexibility index (Phi) is 5.43. The molecule has 4 heteroatoms. The maximum Gasteiger partial charge on any atom is 0.259 e. The summed E-state index contributed by atoms with van der Waals surface area (Å²) >= 11 is 0. The zero-order valence-electron chi connectivity index (χ0n) is 16.7. The van der Waals surface area contributed by atoms with Crippen LogP contribution in [-0.2, 0) is 0 Å². The molecule has 3 aromatic carbocycles. The monoisotopic (exact) mass is 384 g/mol. The lowest BCUT2D eigenvalue weighted by Gasteiger charge is -2.13. The molecule has 0 saturated carbocycles. The van der Waals surface area contributed by atoms with Gasteiger partial charge in [-0.2, -0.15) is 0 Å². The summed E-state index contributed by atoms with van der Waals surface area (Å²) in [4.78, 5) is 20.2. The molecular formula is C25H24N2O2. The zero-order chi connectivity index (χ0) is 20.2. The van der Waals surface area contributed by atoms with Crippen molar-refractivity contribution in [2.24, 2.45) is 0 Å². The Morgan fingerprint density at radius 1 is 0.966 bits per heavy atom. The van der Waals surface area contributed by atoms with Gasteiger partial charge in [-0.1, -0.05) is 61.4 Å². The standard InChI is InChI=1S/C25H24N2O2/c1-3-4-15-29-23-14-13-19(18-11-9-17(2)10-12-18)16-21(23)24-26-22-8-6-5-7-20(22)25(28)27-24/h5-14,16H,3-4,15H2,1-2H3,(H,26,27,28). The fourth-order valence-electron chi connectivity index (χ4n) is 3.31. The molecule has 1 aromatic heterocycles. The molecule has 4 rings (SSSR count). The fourth-order valence-corrected chi connectivity index (χ4v) is 3.31. The van der Waals surface area contributed by atoms with Crippen LogP contribution in [0.3, 0.4) is 0 Å². The molecule has 146 valence electrons. The maximum absolute atomic E-state index is 12.6. The number of aromatic nitrogens is 2. The normalized spacial score (nSPS) is 11.0. The van der Waals surface area contributed by atoms with E-state index >= 15 is 0 Å². The van der Waals surface area contributed by atoms with E-state index in [4.69, 9.17) is 9.72 Å². The second kappa shape index (κ2) is 8.31. The fraction of sp³-hybridized carbons (Fsp3) is 0.200. The van der Waals surface area contributed by atoms with E-state index in [-0.39, 0.29) is 5.56 Å². The third-order valence-electron chi connectivity index (χ3n) is 4.99. The van der Waals surface area contributed by atoms with Crippen LogP contribution in [0.25, 0.3) is 33.4 Å². The van der Waals surface area contributed by atoms with E-state index in [9.17, 15) is 4.79 Å². The minimum Gasteiger partial charge on any atom is -0.493 e. The van der Waals surface area contributed by atoms with Gasteiger partial charge in [0.2, 0.25) is 0 Å². The number of rotatable bonds is 6. The molecular weight excluding hydrogens is 360 g/mol. The van der Waals surface area contributed by atoms with Gasteiger partial charge in [0.05, 0.1) is 23.1 Å². The molecule has 0 bridgehead atoms. The summed E-state index contributed by atoms with van der Waals surface area (Å²) in [6.45, 7) is 4.84. The lowest BCUT2D eigenvalue weighted by Crippen LogP contribution is -2.10. The predicted molar refractivity (Wildman–Crippen MR) is 118 cm³/mol. The van der Waals surface area contributed by atoms with E-state index in [0.717, 1.165) is 35.3 Å². The molecule has 0 unspecified atom stereocenters. The van der Waals surface area contributed by atoms with Gasteiger partial charge in [0.1, 0.15) is 11.6 Å². The van der Waals surface area contributed by atoms with E-state index < -0.39 is 0 Å². The molecule has 0 amide bonds. The van der Waals surface area contributed by atoms with E-state index in [1.54, 1.807) is 6.07 Å². The van der Waals surface area contributed by atoms with Crippen molar-refractivity contribution in [1.82, 2.24) is 9.97 Å². The number of para-hydroxylation sites is 1. The van der Waals surface area contributed by atoms with Crippen LogP contribution < -0.4 is 10.3 Å². The van der Waals surface area contributed by atoms with Gasteiger partial charge in [-0.15, -0.1) is 0 Å². The number of hydrogen-bond donors (Lipinski definition) is 1. The molecule has 0 aliphatic heterocycles. The molecule has 0 spiro atoms. The van der Waals surface area contributed by atoms with Crippen molar-refractivity contribution < 1.29 is 4.74 Å². The van der Waals surface area contributed by atoms with Gasteiger partial charge >= 0.3 is 0 Å². The minimum atomic E-state index is -0.147. The number of hydrogen-bond acceptors (Lipinski definition) is 3. The first kappa shape index (κ1) is 18.9. The molecule has 4 nitrogen and oxygen atoms in total. The Morgan fingerprint density at radius 2 is 1.72 bits per heavy atom. The summed E-state index contributed by atoms with van der Waals surface area (Å²) in [7, 11) is 0. The molecule has 0 aliphatic rings. The Labute approximate surface area is 170 Å². The number of fused-ring (bicyclic) bond motifs is 1. The first-order valence-electron chi connectivity index (χ1n) is 9.99. The molecule has 0 saturated heterocycles. The van der Waals surface area contributed by atoms with E-state index in [1.165, 1.54) is 5.56 Å². The first-order valence-corrected chi connectivity index (χ1v) is 9.99. The second-order valence-electron chi connectivity index (χ2n) is 7.21. The van der Waals surface area contributed by atoms with Crippen molar-refractivity contribution in [2.75, 3.05) is 6.61 Å². The largest absolute Gasteiger partial charge is 0.493 e. The van der Waals surface area contributed by atoms with E-state index in [1.807, 2.05) is 30.3 Å². The highest BCUT2D eigenvalue weighted by molar-refractivity contribution is 5.81. The summed E-state index contributed by atoms with van der Waals surface area (Å²) < 4.78 is 6.03. The van der Waals surface area contributed by atoms with Crippen molar-refractivity contribution in [1.29, 1.82) is 0 Å². The predicted octanol–water partition coefficient (Wildman–Crippen LogP) is 5.74. The maximum atomic E-state index is 12.6. The number of aromatic amines is 1. The minimum absolute atomic E-state index is 0.147. The van der Waals surface area contributed by atoms with Crippen LogP contribution in [-0.4, -0.2) is 16.6 Å². The van der Waals surface area contributed by atoms with Gasteiger partial charge in [0.15, 0.2) is 0 Å². The van der Waals surface area contributed by atoms with Crippen molar-refractivity contribution in [2.45, 2.75) is 26.7 Å². The van der Waals surface area contributed by atoms with Crippen LogP contribution in [0.15, 0.2) is 71.5 Å². The van der Waals surface area contributed by atoms with Crippen LogP contribution in [0.1, 0.15) is 25.3 Å². The average Bonchev–Trinajstić information content (AvgIpc) is 2.75. The second-order valence-corrected chi connectivity index (χ2v) is 7.21. The van der Waals surface area contributed by atoms with Crippen molar-refractivity contribution >= 4 is 10.9 Å². The first-order chi connectivity index (χ1) is 14.2. The molecule has 29 heavy (non-hydrogen) atoms. The van der Waals surface area contributed by atoms with Gasteiger partial charge in [0.25, 0.3) is 5.56 Å². The third kappa shape index (κ3) is 4.06. The summed E-state index contributed by atoms with van der Waals surface area (Å²) in [5.74, 6) is 1.25. The van der Waals surface area contributed by atoms with Crippen LogP contribution >= 0.6 is 0 Å². The van der Waals surface area contributed by atoms with Crippen molar-refractivity contribution in [3.8, 4) is 28.3 Å². The lowest BCUT2D eigenvalue weighted by molar-refractivity contribution is 0.310. The van der Waals surface area contributed by atoms with Crippen LogP contribution in [0.2, 0.25) is 0 Å². The van der Waals surface area contributed by atoms with Crippen LogP contribution in [0.5, 0.6) is 5.75 Å². The molecule has 0 atom stereocenters. The quantitative estimate of drug-likeness (QED) is 0.431. The zero-order valence-corrected chi connectivity index (χ0v) is 16.7. The van der Waals surface area contributed by atoms with Gasteiger partial charge in [0, 0.05) is 0 Å². The topological polar surface area (TPSA) is 55.0 Å². The molecule has 0 fully saturated rings. The molecule has 1 heterocycles. The number of nitrogens with one attached hydrogen (secondary N) is 1. The lowest BCUT2D eigenvalue weighted by atomic mass is 10.0. The Balaban J connectivity index is 1.85. The number of nitrogens with zero attached hydrogens (tertiary/aromatic N) is 1. The highest BCUT2D eigenvalue weighted by Crippen LogP contribution is 2.33. The number of ether oxygens (including phenoxy) is 1. The number of benzene rings is 3. The van der Waals surface area contributed by atoms with Crippen molar-refractivity contribution in [3.05, 3.63) is 82.6 Å². The molecule has 0 aliphatic carbocycles. The number of H-pyrrole nitrogens is 1. The summed E-state index contributed by atoms with van der Waals surface area (Å²) in [5.41, 5.74) is 4.70. The number of unbranched alkanes of at least 4 members (excludes halogenated alkanes) is 1. The summed E-state index contributed by atoms with van der Waals surface area (Å²) in [5, 5.41) is 0.583. The molecule has 4 aromatic rings. The van der Waals surface area contributed by atoms with Crippen LogP contribution in [0.4, 0.5) is 0 Å². The Morgan fingerprint density at radius 3 is 2.52 bits per heavy atom. The highest BCUT2D eigenvalue weighted by Gasteiger charge is 2.13. The Hall–Kier alpha value is -3.40. The van der Waals surface area contributed by atoms with E-state index in [2.05, 4.69) is 49.2 Å². The summed E-state index contributed by atoms with van der Waals surface area (Å²) in [6, 6.07) is 21.8. The van der Waals surface area contributed by atoms with Gasteiger partial charge < -0.3 is 9.72 Å². The average molecular weight is 384 g/mol. The third-order valence-corrected chi connectivity index (χ3v) is 4.99. The molecule has 1 N–H and O–H groups in total. The van der Waals surface area contributed by atoms with Gasteiger partial charge in [-0.3, -0.25) is 4.79 Å². The molecule has 0 radical (unpaired) electrons. The van der Waals surface area contributed by atoms with Gasteiger partial charge in [-0.05, 0) is 48.7 Å². The highest BCUT2D eigenvalue weighted by atomic mass is 16.5. The SMILES string of the molecule is CCCCOc1ccc(-c2ccc(C)cc2)cc1-c1nc2ccccc2c(=O)[nH]1. The van der Waals surface area contributed by atoms with Gasteiger partial charge in [-0.25, -0.2) is 4.98 Å². The van der Waals surface area contributed by atoms with Crippen molar-refractivity contribution in [3.63, 3.8) is 0 Å². The number of aryl methyl sites for hydroxylation is 1. The van der Waals surface area contributed by atoms with E-state index in [0.29, 0.717) is 23.3 Å². The Bertz CT molecular complexity index is 1190.